The molecule has 186 valence electrons. The van der Waals surface area contributed by atoms with Gasteiger partial charge in [-0.15, -0.1) is 0 Å². The molecule has 0 bridgehead atoms. The maximum Gasteiger partial charge on any atom is 0.320 e. The molecule has 35 heavy (non-hydrogen) atoms. The fourth-order valence-corrected chi connectivity index (χ4v) is 5.45. The molecule has 3 aromatic rings. The van der Waals surface area contributed by atoms with Gasteiger partial charge in [0.05, 0.1) is 18.8 Å². The van der Waals surface area contributed by atoms with Gasteiger partial charge in [-0.25, -0.2) is 0 Å². The fourth-order valence-electron chi connectivity index (χ4n) is 4.86. The molecule has 1 aliphatic heterocycles. The Kier molecular flexibility index (Phi) is 6.74. The number of fused-ring (bicyclic) bond motifs is 2. The van der Waals surface area contributed by atoms with Gasteiger partial charge in [0.1, 0.15) is 5.75 Å². The van der Waals surface area contributed by atoms with E-state index in [1.165, 1.54) is 0 Å². The first kappa shape index (κ1) is 24.1. The van der Waals surface area contributed by atoms with Gasteiger partial charge in [-0.2, -0.15) is 9.97 Å². The summed E-state index contributed by atoms with van der Waals surface area (Å²) < 4.78 is 17.9. The summed E-state index contributed by atoms with van der Waals surface area (Å²) >= 11 is 3.73. The lowest BCUT2D eigenvalue weighted by Crippen LogP contribution is -2.32. The smallest absolute Gasteiger partial charge is 0.320 e. The maximum absolute atomic E-state index is 10.6. The molecule has 1 fully saturated rings. The summed E-state index contributed by atoms with van der Waals surface area (Å²) in [6, 6.07) is 10.4. The molecule has 0 amide bonds. The number of benzene rings is 2. The molecule has 1 aromatic heterocycles. The first-order valence-corrected chi connectivity index (χ1v) is 12.6. The summed E-state index contributed by atoms with van der Waals surface area (Å²) in [4.78, 5) is 13.4. The number of hydrogen-bond acceptors (Lipinski definition) is 8. The van der Waals surface area contributed by atoms with Crippen molar-refractivity contribution in [3.8, 4) is 17.6 Å². The van der Waals surface area contributed by atoms with E-state index in [1.54, 1.807) is 7.11 Å². The lowest BCUT2D eigenvalue weighted by atomic mass is 10.0. The first-order chi connectivity index (χ1) is 16.9. The summed E-state index contributed by atoms with van der Waals surface area (Å²) in [6.07, 6.45) is 2.92. The minimum absolute atomic E-state index is 0.0188. The highest BCUT2D eigenvalue weighted by molar-refractivity contribution is 9.10. The average Bonchev–Trinajstić information content (AvgIpc) is 3.59. The van der Waals surface area contributed by atoms with Crippen molar-refractivity contribution >= 4 is 32.4 Å². The molecule has 2 aromatic carbocycles. The molecular formula is C26H31BrN4O4. The third kappa shape index (κ3) is 5.17. The van der Waals surface area contributed by atoms with E-state index >= 15 is 0 Å². The average molecular weight is 543 g/mol. The Balaban J connectivity index is 1.43. The van der Waals surface area contributed by atoms with E-state index in [2.05, 4.69) is 50.9 Å². The van der Waals surface area contributed by atoms with Crippen LogP contribution in [0.15, 0.2) is 34.8 Å². The van der Waals surface area contributed by atoms with Crippen molar-refractivity contribution in [3.05, 3.63) is 46.1 Å². The standard InChI is InChI=1S/C26H31BrN4O4/c1-30(2)14-26(8-9-26)15-34-25-28-21-13-31(10-7-19(21)24(32)29-25)22-12-18(35-16-33-3)11-17-5-4-6-20(27)23(17)22/h4-6,11-12H,7-10,13-16H2,1-3H3,(H,28,29,32). The van der Waals surface area contributed by atoms with Gasteiger partial charge in [0, 0.05) is 52.8 Å². The van der Waals surface area contributed by atoms with Crippen LogP contribution in [0.2, 0.25) is 0 Å². The third-order valence-corrected chi connectivity index (χ3v) is 7.36. The van der Waals surface area contributed by atoms with Gasteiger partial charge >= 0.3 is 6.01 Å². The molecule has 1 N–H and O–H groups in total. The summed E-state index contributed by atoms with van der Waals surface area (Å²) in [5, 5.41) is 12.8. The Morgan fingerprint density at radius 1 is 1.17 bits per heavy atom. The van der Waals surface area contributed by atoms with Crippen LogP contribution >= 0.6 is 15.9 Å². The SMILES string of the molecule is COCOc1cc(N2CCc3c(O)nc(OCC4(CN(C)C)CC4)nc3C2)c2c(Br)cccc2c1. The normalized spacial score (nSPS) is 16.4. The van der Waals surface area contributed by atoms with E-state index in [0.717, 1.165) is 63.9 Å². The highest BCUT2D eigenvalue weighted by atomic mass is 79.9. The predicted octanol–water partition coefficient (Wildman–Crippen LogP) is 4.36. The van der Waals surface area contributed by atoms with Crippen LogP contribution in [0, 0.1) is 5.41 Å². The molecule has 0 radical (unpaired) electrons. The summed E-state index contributed by atoms with van der Waals surface area (Å²) in [5.74, 6) is 0.758. The van der Waals surface area contributed by atoms with Crippen molar-refractivity contribution in [2.45, 2.75) is 25.8 Å². The number of halogens is 1. The Morgan fingerprint density at radius 3 is 2.74 bits per heavy atom. The maximum atomic E-state index is 10.6. The van der Waals surface area contributed by atoms with Gasteiger partial charge in [0.25, 0.3) is 0 Å². The van der Waals surface area contributed by atoms with Crippen LogP contribution in [0.25, 0.3) is 10.8 Å². The van der Waals surface area contributed by atoms with Gasteiger partial charge in [-0.05, 0) is 50.9 Å². The number of methoxy groups -OCH3 is 1. The molecule has 1 saturated carbocycles. The molecule has 0 unspecified atom stereocenters. The molecular weight excluding hydrogens is 512 g/mol. The van der Waals surface area contributed by atoms with Crippen LogP contribution in [-0.4, -0.2) is 67.7 Å². The van der Waals surface area contributed by atoms with E-state index in [4.69, 9.17) is 19.2 Å². The molecule has 8 nitrogen and oxygen atoms in total. The minimum atomic E-state index is 0.0188. The number of ether oxygens (including phenoxy) is 3. The zero-order valence-electron chi connectivity index (χ0n) is 20.4. The number of anilines is 1. The van der Waals surface area contributed by atoms with Gasteiger partial charge in [0.15, 0.2) is 6.79 Å². The first-order valence-electron chi connectivity index (χ1n) is 11.8. The van der Waals surface area contributed by atoms with Crippen LogP contribution in [0.4, 0.5) is 5.69 Å². The van der Waals surface area contributed by atoms with Crippen LogP contribution in [0.5, 0.6) is 17.6 Å². The van der Waals surface area contributed by atoms with Crippen LogP contribution < -0.4 is 14.4 Å². The topological polar surface area (TPSA) is 80.2 Å². The Labute approximate surface area is 213 Å². The zero-order chi connectivity index (χ0) is 24.6. The molecule has 0 saturated heterocycles. The summed E-state index contributed by atoms with van der Waals surface area (Å²) in [6.45, 7) is 2.97. The Hall–Kier alpha value is -2.62. The number of hydrogen-bond donors (Lipinski definition) is 1. The molecule has 0 spiro atoms. The van der Waals surface area contributed by atoms with E-state index < -0.39 is 0 Å². The quantitative estimate of drug-likeness (QED) is 0.399. The molecule has 2 aliphatic rings. The van der Waals surface area contributed by atoms with Crippen LogP contribution in [-0.2, 0) is 17.7 Å². The second-order valence-electron chi connectivity index (χ2n) is 9.78. The van der Waals surface area contributed by atoms with Crippen LogP contribution in [0.1, 0.15) is 24.1 Å². The van der Waals surface area contributed by atoms with Crippen LogP contribution in [0.3, 0.4) is 0 Å². The van der Waals surface area contributed by atoms with Gasteiger partial charge in [-0.1, -0.05) is 28.1 Å². The second kappa shape index (κ2) is 9.79. The Bertz CT molecular complexity index is 1230. The van der Waals surface area contributed by atoms with Gasteiger partial charge in [-0.3, -0.25) is 0 Å². The van der Waals surface area contributed by atoms with Gasteiger partial charge < -0.3 is 29.1 Å². The monoisotopic (exact) mass is 542 g/mol. The molecule has 5 rings (SSSR count). The number of nitrogens with zero attached hydrogens (tertiary/aromatic N) is 4. The molecule has 9 heteroatoms. The van der Waals surface area contributed by atoms with Crippen molar-refractivity contribution in [1.29, 1.82) is 0 Å². The van der Waals surface area contributed by atoms with E-state index in [9.17, 15) is 5.11 Å². The third-order valence-electron chi connectivity index (χ3n) is 6.70. The lowest BCUT2D eigenvalue weighted by molar-refractivity contribution is 0.0512. The van der Waals surface area contributed by atoms with Crippen molar-refractivity contribution in [3.63, 3.8) is 0 Å². The Morgan fingerprint density at radius 2 is 2.00 bits per heavy atom. The summed E-state index contributed by atoms with van der Waals surface area (Å²) in [7, 11) is 5.76. The number of aromatic nitrogens is 2. The lowest BCUT2D eigenvalue weighted by Gasteiger charge is -2.31. The molecule has 2 heterocycles. The summed E-state index contributed by atoms with van der Waals surface area (Å²) in [5.41, 5.74) is 2.78. The molecule has 0 atom stereocenters. The molecule has 1 aliphatic carbocycles. The van der Waals surface area contributed by atoms with Crippen molar-refractivity contribution in [2.24, 2.45) is 5.41 Å². The highest BCUT2D eigenvalue weighted by Gasteiger charge is 2.44. The van der Waals surface area contributed by atoms with E-state index in [0.29, 0.717) is 19.6 Å². The van der Waals surface area contributed by atoms with Crippen molar-refractivity contribution in [2.75, 3.05) is 52.6 Å². The number of rotatable bonds is 9. The van der Waals surface area contributed by atoms with Gasteiger partial charge in [0.2, 0.25) is 5.88 Å². The fraction of sp³-hybridized carbons (Fsp3) is 0.462. The van der Waals surface area contributed by atoms with E-state index in [1.807, 2.05) is 24.3 Å². The van der Waals surface area contributed by atoms with Crippen molar-refractivity contribution in [1.82, 2.24) is 14.9 Å². The van der Waals surface area contributed by atoms with E-state index in [-0.39, 0.29) is 24.1 Å². The zero-order valence-corrected chi connectivity index (χ0v) is 22.0. The highest BCUT2D eigenvalue weighted by Crippen LogP contribution is 2.46. The van der Waals surface area contributed by atoms with Crippen molar-refractivity contribution < 1.29 is 19.3 Å². The largest absolute Gasteiger partial charge is 0.493 e. The predicted molar refractivity (Wildman–Crippen MR) is 138 cm³/mol. The second-order valence-corrected chi connectivity index (χ2v) is 10.6. The number of aromatic hydroxyl groups is 1. The minimum Gasteiger partial charge on any atom is -0.493 e.